The van der Waals surface area contributed by atoms with Crippen LogP contribution in [0.25, 0.3) is 0 Å². The Hall–Kier alpha value is -0.990. The number of rotatable bonds is 79. The molecule has 0 heterocycles. The summed E-state index contributed by atoms with van der Waals surface area (Å²) >= 11 is 0. The number of unbranched alkanes of at least 4 members (excludes halogenated alkanes) is 65. The molecule has 0 saturated heterocycles. The fourth-order valence-electron chi connectivity index (χ4n) is 13.1. The van der Waals surface area contributed by atoms with Gasteiger partial charge in [-0.1, -0.05) is 431 Å². The summed E-state index contributed by atoms with van der Waals surface area (Å²) in [5, 5.41) is 0. The highest BCUT2D eigenvalue weighted by Gasteiger charge is 2.22. The minimum absolute atomic E-state index is 0.0246. The summed E-state index contributed by atoms with van der Waals surface area (Å²) in [6, 6.07) is 0. The van der Waals surface area contributed by atoms with Gasteiger partial charge in [0.15, 0.2) is 6.10 Å². The van der Waals surface area contributed by atoms with Crippen molar-refractivity contribution in [2.45, 2.75) is 463 Å². The SMILES string of the molecule is CCCCCCCCCCCCCCCCCCCCCCCCCCCCCCCCCCCCC(=O)OC(COC(=O)CCCCCCCCCCCCCCCCCCCCCCCCCCCCCCCCCCC)COP(=O)([O-])OCC[N+](C)(C)C. The van der Waals surface area contributed by atoms with Gasteiger partial charge in [0.25, 0.3) is 7.82 Å². The van der Waals surface area contributed by atoms with Crippen molar-refractivity contribution in [3.63, 3.8) is 0 Å². The van der Waals surface area contributed by atoms with Crippen LogP contribution in [0, 0.1) is 0 Å². The molecular weight excluding hydrogens is 1150 g/mol. The number of carbonyl (C=O) groups is 2. The lowest BCUT2D eigenvalue weighted by atomic mass is 10.0. The Labute approximate surface area is 569 Å². The summed E-state index contributed by atoms with van der Waals surface area (Å²) in [6.07, 6.45) is 91.1. The molecule has 10 heteroatoms. The highest BCUT2D eigenvalue weighted by molar-refractivity contribution is 7.45. The van der Waals surface area contributed by atoms with Crippen LogP contribution in [-0.4, -0.2) is 70.0 Å². The van der Waals surface area contributed by atoms with Crippen LogP contribution in [0.3, 0.4) is 0 Å². The maximum atomic E-state index is 12.9. The predicted octanol–water partition coefficient (Wildman–Crippen LogP) is 26.6. The van der Waals surface area contributed by atoms with Gasteiger partial charge in [0.1, 0.15) is 19.8 Å². The summed E-state index contributed by atoms with van der Waals surface area (Å²) < 4.78 is 34.4. The molecule has 0 rings (SSSR count). The second kappa shape index (κ2) is 73.3. The van der Waals surface area contributed by atoms with E-state index in [9.17, 15) is 19.0 Å². The van der Waals surface area contributed by atoms with E-state index in [2.05, 4.69) is 13.8 Å². The molecule has 2 atom stereocenters. The van der Waals surface area contributed by atoms with E-state index in [4.69, 9.17) is 18.5 Å². The smallest absolute Gasteiger partial charge is 0.306 e. The van der Waals surface area contributed by atoms with Crippen molar-refractivity contribution < 1.29 is 42.1 Å². The van der Waals surface area contributed by atoms with Crippen LogP contribution in [0.2, 0.25) is 0 Å². The average Bonchev–Trinajstić information content (AvgIpc) is 3.24. The molecule has 0 bridgehead atoms. The van der Waals surface area contributed by atoms with Crippen LogP contribution in [0.4, 0.5) is 0 Å². The number of nitrogens with zero attached hydrogens (tertiary/aromatic N) is 1. The molecule has 0 N–H and O–H groups in total. The van der Waals surface area contributed by atoms with Gasteiger partial charge in [-0.25, -0.2) is 0 Å². The molecule has 0 radical (unpaired) electrons. The molecule has 0 aromatic heterocycles. The van der Waals surface area contributed by atoms with E-state index < -0.39 is 26.5 Å². The van der Waals surface area contributed by atoms with E-state index >= 15 is 0 Å². The van der Waals surface area contributed by atoms with Gasteiger partial charge in [-0.05, 0) is 12.8 Å². The molecule has 0 aliphatic rings. The number of hydrogen-bond donors (Lipinski definition) is 0. The Kier molecular flexibility index (Phi) is 72.5. The number of ether oxygens (including phenoxy) is 2. The van der Waals surface area contributed by atoms with E-state index in [1.807, 2.05) is 21.1 Å². The minimum Gasteiger partial charge on any atom is -0.756 e. The maximum Gasteiger partial charge on any atom is 0.306 e. The number of hydrogen-bond acceptors (Lipinski definition) is 8. The summed E-state index contributed by atoms with van der Waals surface area (Å²) in [5.41, 5.74) is 0. The number of likely N-dealkylation sites (N-methyl/N-ethyl adjacent to an activating group) is 1. The number of phosphoric acid groups is 1. The molecule has 2 unspecified atom stereocenters. The van der Waals surface area contributed by atoms with Crippen LogP contribution in [0.5, 0.6) is 0 Å². The Morgan fingerprint density at radius 2 is 0.495 bits per heavy atom. The summed E-state index contributed by atoms with van der Waals surface area (Å²) in [6.45, 7) is 4.35. The molecule has 0 aromatic rings. The van der Waals surface area contributed by atoms with Gasteiger partial charge in [-0.3, -0.25) is 14.2 Å². The maximum absolute atomic E-state index is 12.9. The standard InChI is InChI=1S/C81H162NO8P/c1-6-8-10-12-14-16-18-20-22-24-26-28-30-32-34-36-38-40-42-44-46-48-50-52-54-56-58-60-62-64-66-68-70-72-74-81(84)90-79(78-89-91(85,86)88-76-75-82(3,4)5)77-87-80(83)73-71-69-67-65-63-61-59-57-55-53-51-49-47-45-43-41-39-37-35-33-31-29-27-25-23-21-19-17-15-13-11-9-7-2/h79H,6-78H2,1-5H3. The van der Waals surface area contributed by atoms with E-state index in [0.29, 0.717) is 17.4 Å². The van der Waals surface area contributed by atoms with Crippen LogP contribution in [0.1, 0.15) is 457 Å². The zero-order valence-electron chi connectivity index (χ0n) is 62.4. The van der Waals surface area contributed by atoms with Crippen molar-refractivity contribution >= 4 is 19.8 Å². The zero-order chi connectivity index (χ0) is 66.2. The van der Waals surface area contributed by atoms with Gasteiger partial charge >= 0.3 is 11.9 Å². The van der Waals surface area contributed by atoms with Crippen molar-refractivity contribution in [1.29, 1.82) is 0 Å². The Balaban J connectivity index is 3.87. The van der Waals surface area contributed by atoms with Crippen LogP contribution in [-0.2, 0) is 32.7 Å². The highest BCUT2D eigenvalue weighted by Crippen LogP contribution is 2.38. The molecule has 0 saturated carbocycles. The molecule has 0 aliphatic heterocycles. The third kappa shape index (κ3) is 77.9. The third-order valence-electron chi connectivity index (χ3n) is 19.4. The molecule has 0 aromatic carbocycles. The number of quaternary nitrogens is 1. The van der Waals surface area contributed by atoms with Crippen molar-refractivity contribution in [3.8, 4) is 0 Å². The Morgan fingerprint density at radius 3 is 0.703 bits per heavy atom. The largest absolute Gasteiger partial charge is 0.756 e. The number of carbonyl (C=O) groups excluding carboxylic acids is 2. The molecule has 0 fully saturated rings. The van der Waals surface area contributed by atoms with Crippen molar-refractivity contribution in [3.05, 3.63) is 0 Å². The van der Waals surface area contributed by atoms with Gasteiger partial charge in [-0.2, -0.15) is 0 Å². The fraction of sp³-hybridized carbons (Fsp3) is 0.975. The van der Waals surface area contributed by atoms with E-state index in [1.165, 1.54) is 392 Å². The zero-order valence-corrected chi connectivity index (χ0v) is 63.3. The van der Waals surface area contributed by atoms with Gasteiger partial charge < -0.3 is 27.9 Å². The highest BCUT2D eigenvalue weighted by atomic mass is 31.2. The van der Waals surface area contributed by atoms with E-state index in [0.717, 1.165) is 32.1 Å². The van der Waals surface area contributed by atoms with Gasteiger partial charge in [-0.15, -0.1) is 0 Å². The lowest BCUT2D eigenvalue weighted by Crippen LogP contribution is -2.37. The number of esters is 2. The fourth-order valence-corrected chi connectivity index (χ4v) is 13.8. The molecule has 0 aliphatic carbocycles. The molecule has 0 spiro atoms. The quantitative estimate of drug-likeness (QED) is 0.0256. The predicted molar refractivity (Wildman–Crippen MR) is 393 cm³/mol. The molecular formula is C81H162NO8P. The summed E-state index contributed by atoms with van der Waals surface area (Å²) in [5.74, 6) is -0.800. The normalized spacial score (nSPS) is 12.9. The van der Waals surface area contributed by atoms with Gasteiger partial charge in [0.05, 0.1) is 27.7 Å². The first-order chi connectivity index (χ1) is 44.5. The molecule has 0 amide bonds. The molecule has 91 heavy (non-hydrogen) atoms. The van der Waals surface area contributed by atoms with Crippen molar-refractivity contribution in [2.75, 3.05) is 47.5 Å². The van der Waals surface area contributed by atoms with Crippen molar-refractivity contribution in [2.24, 2.45) is 0 Å². The topological polar surface area (TPSA) is 111 Å². The van der Waals surface area contributed by atoms with Crippen LogP contribution in [0.15, 0.2) is 0 Å². The molecule has 544 valence electrons. The Morgan fingerprint density at radius 1 is 0.297 bits per heavy atom. The first kappa shape index (κ1) is 90.0. The number of phosphoric ester groups is 1. The monoisotopic (exact) mass is 1310 g/mol. The van der Waals surface area contributed by atoms with Crippen LogP contribution >= 0.6 is 7.82 Å². The van der Waals surface area contributed by atoms with E-state index in [-0.39, 0.29) is 32.0 Å². The van der Waals surface area contributed by atoms with E-state index in [1.54, 1.807) is 0 Å². The average molecular weight is 1310 g/mol. The van der Waals surface area contributed by atoms with Crippen LogP contribution < -0.4 is 4.89 Å². The first-order valence-corrected chi connectivity index (χ1v) is 42.7. The third-order valence-corrected chi connectivity index (χ3v) is 20.3. The van der Waals surface area contributed by atoms with Gasteiger partial charge in [0, 0.05) is 12.8 Å². The minimum atomic E-state index is -4.64. The lowest BCUT2D eigenvalue weighted by molar-refractivity contribution is -0.870. The molecule has 9 nitrogen and oxygen atoms in total. The first-order valence-electron chi connectivity index (χ1n) is 41.2. The summed E-state index contributed by atoms with van der Waals surface area (Å²) in [4.78, 5) is 38.2. The second-order valence-corrected chi connectivity index (χ2v) is 31.3. The lowest BCUT2D eigenvalue weighted by Gasteiger charge is -2.28. The Bertz CT molecular complexity index is 1490. The van der Waals surface area contributed by atoms with Gasteiger partial charge in [0.2, 0.25) is 0 Å². The second-order valence-electron chi connectivity index (χ2n) is 29.9. The van der Waals surface area contributed by atoms with Crippen molar-refractivity contribution in [1.82, 2.24) is 0 Å². The summed E-state index contributed by atoms with van der Waals surface area (Å²) in [7, 11) is 1.20.